The molecule has 1 saturated heterocycles. The Morgan fingerprint density at radius 1 is 0.966 bits per heavy atom. The number of rotatable bonds is 6. The Morgan fingerprint density at radius 2 is 1.66 bits per heavy atom. The molecule has 2 aromatic rings. The molecular weight excluding hydrogens is 386 g/mol. The van der Waals surface area contributed by atoms with E-state index in [4.69, 9.17) is 11.6 Å². The Bertz CT molecular complexity index is 865. The fraction of sp³-hybridized carbons (Fsp3) is 0.391. The summed E-state index contributed by atoms with van der Waals surface area (Å²) in [6, 6.07) is 18.0. The normalized spacial score (nSPS) is 21.0. The molecule has 2 atom stereocenters. The Hall–Kier alpha value is -2.53. The van der Waals surface area contributed by atoms with Crippen LogP contribution in [0.5, 0.6) is 0 Å². The molecule has 1 aliphatic carbocycles. The first kappa shape index (κ1) is 19.8. The number of carbonyl (C=O) groups excluding carboxylic acids is 2. The first-order valence-corrected chi connectivity index (χ1v) is 10.6. The van der Waals surface area contributed by atoms with Gasteiger partial charge >= 0.3 is 0 Å². The highest BCUT2D eigenvalue weighted by atomic mass is 35.5. The van der Waals surface area contributed by atoms with Crippen molar-refractivity contribution in [2.75, 3.05) is 37.6 Å². The molecule has 0 spiro atoms. The minimum Gasteiger partial charge on any atom is -0.368 e. The topological polar surface area (TPSA) is 52.7 Å². The molecule has 6 heteroatoms. The molecule has 1 aliphatic heterocycles. The van der Waals surface area contributed by atoms with Crippen LogP contribution >= 0.6 is 11.6 Å². The van der Waals surface area contributed by atoms with E-state index in [-0.39, 0.29) is 23.7 Å². The molecule has 4 rings (SSSR count). The zero-order valence-corrected chi connectivity index (χ0v) is 17.1. The van der Waals surface area contributed by atoms with Crippen molar-refractivity contribution in [3.63, 3.8) is 0 Å². The molecule has 0 aromatic heterocycles. The summed E-state index contributed by atoms with van der Waals surface area (Å²) in [4.78, 5) is 29.0. The predicted molar refractivity (Wildman–Crippen MR) is 115 cm³/mol. The number of carbonyl (C=O) groups is 2. The van der Waals surface area contributed by atoms with Gasteiger partial charge in [-0.2, -0.15) is 0 Å². The largest absolute Gasteiger partial charge is 0.368 e. The van der Waals surface area contributed by atoms with Gasteiger partial charge in [0.15, 0.2) is 0 Å². The lowest BCUT2D eigenvalue weighted by Gasteiger charge is -2.36. The molecule has 2 fully saturated rings. The molecule has 0 bridgehead atoms. The first-order chi connectivity index (χ1) is 14.1. The lowest BCUT2D eigenvalue weighted by Crippen LogP contribution is -2.49. The van der Waals surface area contributed by atoms with Gasteiger partial charge in [0.1, 0.15) is 0 Å². The molecule has 152 valence electrons. The van der Waals surface area contributed by atoms with Gasteiger partial charge in [-0.25, -0.2) is 0 Å². The number of piperazine rings is 1. The molecule has 5 nitrogen and oxygen atoms in total. The minimum absolute atomic E-state index is 0.0246. The summed E-state index contributed by atoms with van der Waals surface area (Å²) in [5.41, 5.74) is 2.24. The monoisotopic (exact) mass is 411 g/mol. The Labute approximate surface area is 176 Å². The van der Waals surface area contributed by atoms with Gasteiger partial charge in [0.05, 0.1) is 0 Å². The van der Waals surface area contributed by atoms with Crippen LogP contribution in [0.1, 0.15) is 24.3 Å². The summed E-state index contributed by atoms with van der Waals surface area (Å²) < 4.78 is 0. The summed E-state index contributed by atoms with van der Waals surface area (Å²) in [5.74, 6) is 0.304. The van der Waals surface area contributed by atoms with Crippen molar-refractivity contribution in [1.82, 2.24) is 10.2 Å². The molecule has 1 N–H and O–H groups in total. The second-order valence-corrected chi connectivity index (χ2v) is 8.12. The third-order valence-electron chi connectivity index (χ3n) is 5.82. The maximum atomic E-state index is 12.5. The van der Waals surface area contributed by atoms with E-state index in [9.17, 15) is 9.59 Å². The van der Waals surface area contributed by atoms with Crippen molar-refractivity contribution < 1.29 is 9.59 Å². The number of nitrogens with zero attached hydrogens (tertiary/aromatic N) is 2. The van der Waals surface area contributed by atoms with Gasteiger partial charge < -0.3 is 15.1 Å². The van der Waals surface area contributed by atoms with Crippen LogP contribution in [0.3, 0.4) is 0 Å². The molecule has 2 amide bonds. The number of anilines is 1. The summed E-state index contributed by atoms with van der Waals surface area (Å²) in [6.45, 7) is 3.51. The van der Waals surface area contributed by atoms with E-state index in [0.717, 1.165) is 43.2 Å². The lowest BCUT2D eigenvalue weighted by molar-refractivity contribution is -0.131. The summed E-state index contributed by atoms with van der Waals surface area (Å²) in [6.07, 6.45) is 1.17. The average molecular weight is 412 g/mol. The third kappa shape index (κ3) is 4.73. The van der Waals surface area contributed by atoms with E-state index < -0.39 is 0 Å². The number of benzene rings is 2. The highest BCUT2D eigenvalue weighted by molar-refractivity contribution is 6.31. The number of hydrogen-bond donors (Lipinski definition) is 1. The maximum absolute atomic E-state index is 12.5. The van der Waals surface area contributed by atoms with Crippen LogP contribution in [0.2, 0.25) is 5.02 Å². The smallest absolute Gasteiger partial charge is 0.224 e. The minimum atomic E-state index is -0.0283. The number of amides is 2. The van der Waals surface area contributed by atoms with E-state index in [1.807, 2.05) is 47.4 Å². The lowest BCUT2D eigenvalue weighted by atomic mass is 10.1. The van der Waals surface area contributed by atoms with Crippen molar-refractivity contribution in [3.8, 4) is 0 Å². The van der Waals surface area contributed by atoms with E-state index in [1.54, 1.807) is 0 Å². The second kappa shape index (κ2) is 8.87. The standard InChI is InChI=1S/C23H26ClN3O2/c24-21-9-5-4-8-18(21)19-16-20(19)23(29)25-11-10-22(28)27-14-12-26(13-15-27)17-6-2-1-3-7-17/h1-9,19-20H,10-16H2,(H,25,29). The zero-order valence-electron chi connectivity index (χ0n) is 16.4. The van der Waals surface area contributed by atoms with Gasteiger partial charge in [-0.3, -0.25) is 9.59 Å². The first-order valence-electron chi connectivity index (χ1n) is 10.2. The molecule has 2 aliphatic rings. The second-order valence-electron chi connectivity index (χ2n) is 7.71. The molecular formula is C23H26ClN3O2. The third-order valence-corrected chi connectivity index (χ3v) is 6.17. The number of nitrogens with one attached hydrogen (secondary N) is 1. The van der Waals surface area contributed by atoms with Gasteiger partial charge in [-0.15, -0.1) is 0 Å². The van der Waals surface area contributed by atoms with E-state index in [2.05, 4.69) is 22.3 Å². The van der Waals surface area contributed by atoms with Crippen LogP contribution in [0.4, 0.5) is 5.69 Å². The van der Waals surface area contributed by atoms with E-state index in [0.29, 0.717) is 13.0 Å². The van der Waals surface area contributed by atoms with Crippen molar-refractivity contribution in [1.29, 1.82) is 0 Å². The Morgan fingerprint density at radius 3 is 2.38 bits per heavy atom. The Kier molecular flexibility index (Phi) is 6.05. The highest BCUT2D eigenvalue weighted by Crippen LogP contribution is 2.49. The molecule has 0 radical (unpaired) electrons. The van der Waals surface area contributed by atoms with Crippen molar-refractivity contribution in [2.45, 2.75) is 18.8 Å². The van der Waals surface area contributed by atoms with Crippen molar-refractivity contribution in [3.05, 3.63) is 65.2 Å². The molecule has 2 aromatic carbocycles. The van der Waals surface area contributed by atoms with Crippen molar-refractivity contribution >= 4 is 29.1 Å². The number of hydrogen-bond acceptors (Lipinski definition) is 3. The summed E-state index contributed by atoms with van der Waals surface area (Å²) in [7, 11) is 0. The van der Waals surface area contributed by atoms with Crippen LogP contribution in [-0.2, 0) is 9.59 Å². The average Bonchev–Trinajstić information content (AvgIpc) is 3.55. The SMILES string of the molecule is O=C(NCCC(=O)N1CCN(c2ccccc2)CC1)C1CC1c1ccccc1Cl. The quantitative estimate of drug-likeness (QED) is 0.793. The van der Waals surface area contributed by atoms with Crippen LogP contribution < -0.4 is 10.2 Å². The molecule has 1 heterocycles. The van der Waals surface area contributed by atoms with Gasteiger partial charge in [0.25, 0.3) is 0 Å². The molecule has 29 heavy (non-hydrogen) atoms. The van der Waals surface area contributed by atoms with Gasteiger partial charge in [-0.1, -0.05) is 48.0 Å². The highest BCUT2D eigenvalue weighted by Gasteiger charge is 2.44. The number of halogens is 1. The van der Waals surface area contributed by atoms with Gasteiger partial charge in [0.2, 0.25) is 11.8 Å². The zero-order chi connectivity index (χ0) is 20.2. The predicted octanol–water partition coefficient (Wildman–Crippen LogP) is 3.30. The number of para-hydroxylation sites is 1. The van der Waals surface area contributed by atoms with Gasteiger partial charge in [0, 0.05) is 55.8 Å². The molecule has 1 saturated carbocycles. The van der Waals surface area contributed by atoms with E-state index in [1.165, 1.54) is 5.69 Å². The maximum Gasteiger partial charge on any atom is 0.224 e. The Balaban J connectivity index is 1.17. The van der Waals surface area contributed by atoms with Crippen molar-refractivity contribution in [2.24, 2.45) is 5.92 Å². The van der Waals surface area contributed by atoms with Crippen LogP contribution in [0.15, 0.2) is 54.6 Å². The van der Waals surface area contributed by atoms with E-state index >= 15 is 0 Å². The van der Waals surface area contributed by atoms with Crippen LogP contribution in [-0.4, -0.2) is 49.4 Å². The summed E-state index contributed by atoms with van der Waals surface area (Å²) in [5, 5.41) is 3.65. The molecule has 2 unspecified atom stereocenters. The summed E-state index contributed by atoms with van der Waals surface area (Å²) >= 11 is 6.23. The van der Waals surface area contributed by atoms with Crippen LogP contribution in [0, 0.1) is 5.92 Å². The van der Waals surface area contributed by atoms with Gasteiger partial charge in [-0.05, 0) is 36.1 Å². The van der Waals surface area contributed by atoms with Crippen LogP contribution in [0.25, 0.3) is 0 Å². The fourth-order valence-electron chi connectivity index (χ4n) is 4.04. The fourth-order valence-corrected chi connectivity index (χ4v) is 4.31.